The number of morpholine rings is 1. The lowest BCUT2D eigenvalue weighted by Gasteiger charge is -2.36. The molecule has 0 bridgehead atoms. The lowest BCUT2D eigenvalue weighted by Crippen LogP contribution is -2.45. The van der Waals surface area contributed by atoms with Gasteiger partial charge in [-0.3, -0.25) is 0 Å². The van der Waals surface area contributed by atoms with Crippen LogP contribution in [-0.2, 0) is 4.74 Å². The number of rotatable bonds is 2. The number of nitrogens with two attached hydrogens (primary N) is 1. The molecule has 1 aromatic heterocycles. The van der Waals surface area contributed by atoms with E-state index in [1.807, 2.05) is 12.1 Å². The van der Waals surface area contributed by atoms with Crippen LogP contribution in [0.3, 0.4) is 0 Å². The average Bonchev–Trinajstić information content (AvgIpc) is 2.28. The Balaban J connectivity index is 2.21. The molecule has 0 aliphatic carbocycles. The van der Waals surface area contributed by atoms with Gasteiger partial charge in [0.05, 0.1) is 12.2 Å². The van der Waals surface area contributed by atoms with Crippen LogP contribution in [0.15, 0.2) is 18.3 Å². The molecule has 1 aromatic rings. The van der Waals surface area contributed by atoms with Crippen molar-refractivity contribution < 1.29 is 4.74 Å². The highest BCUT2D eigenvalue weighted by Gasteiger charge is 2.23. The molecule has 5 heteroatoms. The molecule has 2 atom stereocenters. The van der Waals surface area contributed by atoms with Gasteiger partial charge in [0, 0.05) is 24.8 Å². The Morgan fingerprint density at radius 3 is 2.71 bits per heavy atom. The predicted octanol–water partition coefficient (Wildman–Crippen LogP) is 1.33. The van der Waals surface area contributed by atoms with Crippen LogP contribution in [-0.4, -0.2) is 35.3 Å². The van der Waals surface area contributed by atoms with Crippen molar-refractivity contribution in [3.63, 3.8) is 0 Å². The Hall–Kier alpha value is -1.20. The normalized spacial score (nSPS) is 24.7. The second kappa shape index (κ2) is 4.98. The zero-order chi connectivity index (χ0) is 12.4. The number of pyridine rings is 1. The lowest BCUT2D eigenvalue weighted by atomic mass is 10.2. The Kier molecular flexibility index (Phi) is 3.59. The van der Waals surface area contributed by atoms with Gasteiger partial charge in [0.1, 0.15) is 10.8 Å². The minimum atomic E-state index is 0.217. The van der Waals surface area contributed by atoms with E-state index < -0.39 is 0 Å². The summed E-state index contributed by atoms with van der Waals surface area (Å²) in [7, 11) is 0. The van der Waals surface area contributed by atoms with Gasteiger partial charge in [0.15, 0.2) is 0 Å². The molecule has 1 fully saturated rings. The first kappa shape index (κ1) is 12.3. The number of nitrogens with zero attached hydrogens (tertiary/aromatic N) is 2. The van der Waals surface area contributed by atoms with E-state index in [1.165, 1.54) is 0 Å². The number of anilines is 1. The number of aromatic nitrogens is 1. The molecule has 2 rings (SSSR count). The number of hydrogen-bond acceptors (Lipinski definition) is 4. The van der Waals surface area contributed by atoms with E-state index in [9.17, 15) is 0 Å². The lowest BCUT2D eigenvalue weighted by molar-refractivity contribution is -0.00545. The number of hydrogen-bond donors (Lipinski definition) is 1. The van der Waals surface area contributed by atoms with Crippen LogP contribution in [0.1, 0.15) is 19.4 Å². The molecule has 17 heavy (non-hydrogen) atoms. The van der Waals surface area contributed by atoms with Crippen molar-refractivity contribution >= 4 is 23.0 Å². The maximum atomic E-state index is 5.70. The highest BCUT2D eigenvalue weighted by molar-refractivity contribution is 7.80. The van der Waals surface area contributed by atoms with Crippen LogP contribution in [0.2, 0.25) is 0 Å². The summed E-state index contributed by atoms with van der Waals surface area (Å²) in [4.78, 5) is 6.98. The van der Waals surface area contributed by atoms with Gasteiger partial charge in [-0.25, -0.2) is 4.98 Å². The van der Waals surface area contributed by atoms with Crippen molar-refractivity contribution in [3.05, 3.63) is 23.9 Å². The first-order chi connectivity index (χ1) is 8.06. The average molecular weight is 251 g/mol. The summed E-state index contributed by atoms with van der Waals surface area (Å²) < 4.78 is 5.70. The standard InChI is InChI=1S/C12H17N3OS/c1-8-6-15(7-9(2)16-8)11-5-10(12(13)17)3-4-14-11/h3-5,8-9H,6-7H2,1-2H3,(H2,13,17)/t8-,9+. The monoisotopic (exact) mass is 251 g/mol. The van der Waals surface area contributed by atoms with Gasteiger partial charge in [0.25, 0.3) is 0 Å². The maximum absolute atomic E-state index is 5.70. The van der Waals surface area contributed by atoms with Crippen molar-refractivity contribution in [2.45, 2.75) is 26.1 Å². The van der Waals surface area contributed by atoms with Gasteiger partial charge < -0.3 is 15.4 Å². The summed E-state index contributed by atoms with van der Waals surface area (Å²) in [6.07, 6.45) is 2.18. The van der Waals surface area contributed by atoms with Gasteiger partial charge in [0.2, 0.25) is 0 Å². The second-order valence-corrected chi connectivity index (χ2v) is 4.87. The quantitative estimate of drug-likeness (QED) is 0.804. The van der Waals surface area contributed by atoms with Crippen LogP contribution in [0.5, 0.6) is 0 Å². The van der Waals surface area contributed by atoms with E-state index in [0.29, 0.717) is 4.99 Å². The van der Waals surface area contributed by atoms with Crippen LogP contribution in [0, 0.1) is 0 Å². The molecular weight excluding hydrogens is 234 g/mol. The third-order valence-electron chi connectivity index (χ3n) is 2.77. The summed E-state index contributed by atoms with van der Waals surface area (Å²) in [5.41, 5.74) is 6.49. The summed E-state index contributed by atoms with van der Waals surface area (Å²) in [6.45, 7) is 5.83. The van der Waals surface area contributed by atoms with Crippen LogP contribution >= 0.6 is 12.2 Å². The molecule has 92 valence electrons. The zero-order valence-electron chi connectivity index (χ0n) is 10.1. The zero-order valence-corrected chi connectivity index (χ0v) is 10.9. The highest BCUT2D eigenvalue weighted by Crippen LogP contribution is 2.19. The fourth-order valence-corrected chi connectivity index (χ4v) is 2.24. The number of ether oxygens (including phenoxy) is 1. The van der Waals surface area contributed by atoms with Gasteiger partial charge in [-0.15, -0.1) is 0 Å². The molecule has 0 radical (unpaired) electrons. The molecule has 2 heterocycles. The van der Waals surface area contributed by atoms with Crippen LogP contribution < -0.4 is 10.6 Å². The molecule has 4 nitrogen and oxygen atoms in total. The molecule has 0 unspecified atom stereocenters. The molecule has 1 aliphatic heterocycles. The largest absolute Gasteiger partial charge is 0.389 e. The van der Waals surface area contributed by atoms with Crippen molar-refractivity contribution in [2.24, 2.45) is 5.73 Å². The first-order valence-electron chi connectivity index (χ1n) is 5.72. The van der Waals surface area contributed by atoms with Crippen molar-refractivity contribution in [1.82, 2.24) is 4.98 Å². The molecule has 0 saturated carbocycles. The minimum Gasteiger partial charge on any atom is -0.389 e. The van der Waals surface area contributed by atoms with E-state index in [-0.39, 0.29) is 12.2 Å². The fourth-order valence-electron chi connectivity index (χ4n) is 2.11. The Morgan fingerprint density at radius 2 is 2.12 bits per heavy atom. The van der Waals surface area contributed by atoms with Gasteiger partial charge >= 0.3 is 0 Å². The van der Waals surface area contributed by atoms with E-state index in [2.05, 4.69) is 23.7 Å². The molecule has 0 spiro atoms. The smallest absolute Gasteiger partial charge is 0.129 e. The van der Waals surface area contributed by atoms with Crippen LogP contribution in [0.4, 0.5) is 5.82 Å². The van der Waals surface area contributed by atoms with E-state index in [1.54, 1.807) is 6.20 Å². The Bertz CT molecular complexity index is 414. The summed E-state index contributed by atoms with van der Waals surface area (Å²) in [5, 5.41) is 0. The molecule has 1 aliphatic rings. The summed E-state index contributed by atoms with van der Waals surface area (Å²) in [5.74, 6) is 0.914. The fraction of sp³-hybridized carbons (Fsp3) is 0.500. The first-order valence-corrected chi connectivity index (χ1v) is 6.13. The van der Waals surface area contributed by atoms with Gasteiger partial charge in [-0.05, 0) is 26.0 Å². The molecule has 0 aromatic carbocycles. The van der Waals surface area contributed by atoms with Crippen LogP contribution in [0.25, 0.3) is 0 Å². The molecular formula is C12H17N3OS. The van der Waals surface area contributed by atoms with E-state index >= 15 is 0 Å². The maximum Gasteiger partial charge on any atom is 0.129 e. The molecule has 2 N–H and O–H groups in total. The Labute approximate surface area is 107 Å². The van der Waals surface area contributed by atoms with Crippen molar-refractivity contribution in [2.75, 3.05) is 18.0 Å². The number of thiocarbonyl (C=S) groups is 1. The topological polar surface area (TPSA) is 51.4 Å². The van der Waals surface area contributed by atoms with E-state index in [4.69, 9.17) is 22.7 Å². The second-order valence-electron chi connectivity index (χ2n) is 4.43. The summed E-state index contributed by atoms with van der Waals surface area (Å²) >= 11 is 4.98. The van der Waals surface area contributed by atoms with Gasteiger partial charge in [-0.1, -0.05) is 12.2 Å². The third-order valence-corrected chi connectivity index (χ3v) is 3.01. The SMILES string of the molecule is C[C@@H]1CN(c2cc(C(N)=S)ccn2)C[C@H](C)O1. The third kappa shape index (κ3) is 2.92. The molecule has 0 amide bonds. The summed E-state index contributed by atoms with van der Waals surface area (Å²) in [6, 6.07) is 3.77. The highest BCUT2D eigenvalue weighted by atomic mass is 32.1. The van der Waals surface area contributed by atoms with Crippen molar-refractivity contribution in [3.8, 4) is 0 Å². The minimum absolute atomic E-state index is 0.217. The molecule has 1 saturated heterocycles. The van der Waals surface area contributed by atoms with Crippen molar-refractivity contribution in [1.29, 1.82) is 0 Å². The predicted molar refractivity (Wildman–Crippen MR) is 72.3 cm³/mol. The van der Waals surface area contributed by atoms with E-state index in [0.717, 1.165) is 24.5 Å². The van der Waals surface area contributed by atoms with Gasteiger partial charge in [-0.2, -0.15) is 0 Å². The Morgan fingerprint density at radius 1 is 1.47 bits per heavy atom.